The summed E-state index contributed by atoms with van der Waals surface area (Å²) in [6.07, 6.45) is 2.65. The van der Waals surface area contributed by atoms with Crippen LogP contribution in [-0.2, 0) is 10.0 Å². The Hall–Kier alpha value is -3.26. The number of hydrogen-bond acceptors (Lipinski definition) is 6. The van der Waals surface area contributed by atoms with Gasteiger partial charge in [-0.3, -0.25) is 0 Å². The minimum atomic E-state index is -3.67. The molecule has 130 valence electrons. The average molecular weight is 365 g/mol. The summed E-state index contributed by atoms with van der Waals surface area (Å²) in [5.41, 5.74) is 8.64. The Bertz CT molecular complexity index is 1220. The number of imidazole rings is 1. The van der Waals surface area contributed by atoms with Crippen LogP contribution in [0.2, 0.25) is 0 Å². The van der Waals surface area contributed by atoms with Crippen molar-refractivity contribution in [2.45, 2.75) is 0 Å². The Morgan fingerprint density at radius 1 is 0.962 bits per heavy atom. The van der Waals surface area contributed by atoms with Crippen LogP contribution >= 0.6 is 0 Å². The quantitative estimate of drug-likeness (QED) is 0.598. The van der Waals surface area contributed by atoms with Crippen LogP contribution < -0.4 is 5.73 Å². The standard InChI is InChI=1S/C18H15N5O2S/c1-26(24,25)23-17(13-8-5-11-20-16(13)19)22-15-10-9-14(21-18(15)23)12-6-3-2-4-7-12/h2-11H,1H3,(H2,19,20). The normalized spacial score (nSPS) is 11.7. The van der Waals surface area contributed by atoms with Crippen LogP contribution in [0, 0.1) is 0 Å². The first-order valence-electron chi connectivity index (χ1n) is 7.81. The molecule has 2 N–H and O–H groups in total. The van der Waals surface area contributed by atoms with E-state index in [9.17, 15) is 8.42 Å². The van der Waals surface area contributed by atoms with Gasteiger partial charge in [0.2, 0.25) is 10.0 Å². The number of nitrogen functional groups attached to an aromatic ring is 1. The summed E-state index contributed by atoms with van der Waals surface area (Å²) in [6.45, 7) is 0. The second kappa shape index (κ2) is 5.92. The molecule has 7 nitrogen and oxygen atoms in total. The number of rotatable bonds is 3. The van der Waals surface area contributed by atoms with Gasteiger partial charge in [-0.15, -0.1) is 0 Å². The first-order chi connectivity index (χ1) is 12.4. The fourth-order valence-corrected chi connectivity index (χ4v) is 3.70. The van der Waals surface area contributed by atoms with Crippen LogP contribution in [0.25, 0.3) is 33.8 Å². The maximum atomic E-state index is 12.5. The Balaban J connectivity index is 2.05. The van der Waals surface area contributed by atoms with E-state index in [2.05, 4.69) is 15.0 Å². The van der Waals surface area contributed by atoms with Crippen molar-refractivity contribution in [2.24, 2.45) is 0 Å². The van der Waals surface area contributed by atoms with E-state index in [1.807, 2.05) is 36.4 Å². The number of benzene rings is 1. The zero-order valence-corrected chi connectivity index (χ0v) is 14.7. The molecule has 0 radical (unpaired) electrons. The molecular formula is C18H15N5O2S. The Kier molecular flexibility index (Phi) is 3.69. The van der Waals surface area contributed by atoms with Crippen LogP contribution in [0.4, 0.5) is 5.82 Å². The Morgan fingerprint density at radius 2 is 1.73 bits per heavy atom. The molecule has 0 bridgehead atoms. The van der Waals surface area contributed by atoms with Gasteiger partial charge in [-0.2, -0.15) is 0 Å². The largest absolute Gasteiger partial charge is 0.383 e. The smallest absolute Gasteiger partial charge is 0.239 e. The third-order valence-corrected chi connectivity index (χ3v) is 4.96. The van der Waals surface area contributed by atoms with E-state index in [0.29, 0.717) is 16.8 Å². The number of aromatic nitrogens is 4. The maximum Gasteiger partial charge on any atom is 0.239 e. The highest BCUT2D eigenvalue weighted by Gasteiger charge is 2.22. The SMILES string of the molecule is CS(=O)(=O)n1c(-c2cccnc2N)nc2ccc(-c3ccccc3)nc21. The maximum absolute atomic E-state index is 12.5. The number of hydrogen-bond donors (Lipinski definition) is 1. The lowest BCUT2D eigenvalue weighted by atomic mass is 10.1. The van der Waals surface area contributed by atoms with Gasteiger partial charge < -0.3 is 5.73 Å². The second-order valence-corrected chi connectivity index (χ2v) is 7.64. The van der Waals surface area contributed by atoms with Gasteiger partial charge in [-0.25, -0.2) is 27.3 Å². The summed E-state index contributed by atoms with van der Waals surface area (Å²) >= 11 is 0. The predicted molar refractivity (Wildman–Crippen MR) is 101 cm³/mol. The van der Waals surface area contributed by atoms with E-state index in [4.69, 9.17) is 5.73 Å². The topological polar surface area (TPSA) is 104 Å². The number of fused-ring (bicyclic) bond motifs is 1. The van der Waals surface area contributed by atoms with Gasteiger partial charge in [-0.05, 0) is 24.3 Å². The molecule has 0 spiro atoms. The van der Waals surface area contributed by atoms with Crippen molar-refractivity contribution >= 4 is 27.0 Å². The summed E-state index contributed by atoms with van der Waals surface area (Å²) in [7, 11) is -3.67. The van der Waals surface area contributed by atoms with Gasteiger partial charge in [0.05, 0.1) is 17.5 Å². The highest BCUT2D eigenvalue weighted by Crippen LogP contribution is 2.29. The van der Waals surface area contributed by atoms with Crippen molar-refractivity contribution in [3.8, 4) is 22.6 Å². The van der Waals surface area contributed by atoms with E-state index >= 15 is 0 Å². The van der Waals surface area contributed by atoms with Crippen LogP contribution in [0.5, 0.6) is 0 Å². The zero-order valence-electron chi connectivity index (χ0n) is 13.9. The summed E-state index contributed by atoms with van der Waals surface area (Å²) < 4.78 is 26.1. The van der Waals surface area contributed by atoms with E-state index in [1.54, 1.807) is 18.2 Å². The minimum Gasteiger partial charge on any atom is -0.383 e. The van der Waals surface area contributed by atoms with Crippen LogP contribution in [0.3, 0.4) is 0 Å². The van der Waals surface area contributed by atoms with Crippen molar-refractivity contribution in [1.82, 2.24) is 18.9 Å². The molecular weight excluding hydrogens is 350 g/mol. The van der Waals surface area contributed by atoms with Crippen molar-refractivity contribution in [3.63, 3.8) is 0 Å². The molecule has 1 aromatic carbocycles. The molecule has 0 fully saturated rings. The lowest BCUT2D eigenvalue weighted by Gasteiger charge is -2.08. The summed E-state index contributed by atoms with van der Waals surface area (Å²) in [5, 5.41) is 0. The third-order valence-electron chi connectivity index (χ3n) is 3.95. The molecule has 0 saturated carbocycles. The lowest BCUT2D eigenvalue weighted by molar-refractivity contribution is 0.595. The van der Waals surface area contributed by atoms with Crippen molar-refractivity contribution < 1.29 is 8.42 Å². The predicted octanol–water partition coefficient (Wildman–Crippen LogP) is 2.55. The third kappa shape index (κ3) is 2.70. The first kappa shape index (κ1) is 16.2. The molecule has 0 amide bonds. The molecule has 3 aromatic heterocycles. The summed E-state index contributed by atoms with van der Waals surface area (Å²) in [4.78, 5) is 13.0. The molecule has 26 heavy (non-hydrogen) atoms. The molecule has 8 heteroatoms. The van der Waals surface area contributed by atoms with E-state index in [-0.39, 0.29) is 17.3 Å². The van der Waals surface area contributed by atoms with Gasteiger partial charge in [0, 0.05) is 11.8 Å². The van der Waals surface area contributed by atoms with E-state index in [1.165, 1.54) is 6.20 Å². The van der Waals surface area contributed by atoms with Crippen molar-refractivity contribution in [3.05, 3.63) is 60.8 Å². The highest BCUT2D eigenvalue weighted by molar-refractivity contribution is 7.89. The molecule has 0 atom stereocenters. The fourth-order valence-electron chi connectivity index (χ4n) is 2.80. The summed E-state index contributed by atoms with van der Waals surface area (Å²) in [6, 6.07) is 16.5. The molecule has 0 aliphatic carbocycles. The number of nitrogens with two attached hydrogens (primary N) is 1. The van der Waals surface area contributed by atoms with Crippen molar-refractivity contribution in [2.75, 3.05) is 12.0 Å². The van der Waals surface area contributed by atoms with Crippen LogP contribution in [-0.4, -0.2) is 33.6 Å². The number of pyridine rings is 2. The molecule has 0 aliphatic heterocycles. The average Bonchev–Trinajstić information content (AvgIpc) is 3.01. The van der Waals surface area contributed by atoms with Crippen LogP contribution in [0.15, 0.2) is 60.8 Å². The van der Waals surface area contributed by atoms with E-state index < -0.39 is 10.0 Å². The fraction of sp³-hybridized carbons (Fsp3) is 0.0556. The van der Waals surface area contributed by atoms with Gasteiger partial charge >= 0.3 is 0 Å². The molecule has 3 heterocycles. The lowest BCUT2D eigenvalue weighted by Crippen LogP contribution is -2.13. The Labute approximate surface area is 150 Å². The van der Waals surface area contributed by atoms with Gasteiger partial charge in [0.15, 0.2) is 11.5 Å². The molecule has 4 rings (SSSR count). The van der Waals surface area contributed by atoms with Crippen LogP contribution in [0.1, 0.15) is 0 Å². The molecule has 0 saturated heterocycles. The van der Waals surface area contributed by atoms with Crippen molar-refractivity contribution in [1.29, 1.82) is 0 Å². The van der Waals surface area contributed by atoms with Gasteiger partial charge in [0.25, 0.3) is 0 Å². The minimum absolute atomic E-state index is 0.200. The van der Waals surface area contributed by atoms with Gasteiger partial charge in [-0.1, -0.05) is 30.3 Å². The molecule has 0 unspecified atom stereocenters. The summed E-state index contributed by atoms with van der Waals surface area (Å²) in [5.74, 6) is 0.404. The Morgan fingerprint density at radius 3 is 2.42 bits per heavy atom. The molecule has 0 aliphatic rings. The second-order valence-electron chi connectivity index (χ2n) is 5.80. The highest BCUT2D eigenvalue weighted by atomic mass is 32.2. The van der Waals surface area contributed by atoms with E-state index in [0.717, 1.165) is 15.8 Å². The monoisotopic (exact) mass is 365 g/mol. The van der Waals surface area contributed by atoms with Gasteiger partial charge in [0.1, 0.15) is 11.3 Å². The molecule has 4 aromatic rings. The number of anilines is 1. The first-order valence-corrected chi connectivity index (χ1v) is 9.66. The zero-order chi connectivity index (χ0) is 18.3. The number of nitrogens with zero attached hydrogens (tertiary/aromatic N) is 4.